The first-order chi connectivity index (χ1) is 12.1. The topological polar surface area (TPSA) is 101 Å². The number of aromatic nitrogens is 2. The number of hydrogen-bond acceptors (Lipinski definition) is 7. The minimum Gasteiger partial charge on any atom is -0.493 e. The van der Waals surface area contributed by atoms with Crippen molar-refractivity contribution in [2.45, 2.75) is 13.5 Å². The van der Waals surface area contributed by atoms with Crippen molar-refractivity contribution in [1.82, 2.24) is 10.1 Å². The molecule has 128 valence electrons. The fourth-order valence-corrected chi connectivity index (χ4v) is 2.25. The van der Waals surface area contributed by atoms with Gasteiger partial charge in [-0.15, -0.1) is 0 Å². The van der Waals surface area contributed by atoms with Gasteiger partial charge in [0, 0.05) is 11.6 Å². The Hall–Kier alpha value is -3.42. The number of non-ortho nitro benzene ring substituents is 1. The maximum absolute atomic E-state index is 10.9. The van der Waals surface area contributed by atoms with Crippen LogP contribution in [0.1, 0.15) is 11.5 Å². The predicted molar refractivity (Wildman–Crippen MR) is 88.5 cm³/mol. The number of rotatable bonds is 6. The van der Waals surface area contributed by atoms with Crippen LogP contribution in [0.15, 0.2) is 47.0 Å². The first-order valence-corrected chi connectivity index (χ1v) is 7.41. The Morgan fingerprint density at radius 1 is 1.20 bits per heavy atom. The highest BCUT2D eigenvalue weighted by Gasteiger charge is 2.15. The number of nitrogens with zero attached hydrogens (tertiary/aromatic N) is 3. The summed E-state index contributed by atoms with van der Waals surface area (Å²) in [6.07, 6.45) is 0. The molecule has 0 spiro atoms. The average Bonchev–Trinajstić information content (AvgIpc) is 3.08. The Balaban J connectivity index is 1.76. The fourth-order valence-electron chi connectivity index (χ4n) is 2.25. The van der Waals surface area contributed by atoms with E-state index in [9.17, 15) is 10.1 Å². The number of benzene rings is 2. The largest absolute Gasteiger partial charge is 0.493 e. The van der Waals surface area contributed by atoms with Crippen molar-refractivity contribution < 1.29 is 18.9 Å². The summed E-state index contributed by atoms with van der Waals surface area (Å²) in [5.41, 5.74) is 1.83. The van der Waals surface area contributed by atoms with E-state index in [0.717, 1.165) is 11.1 Å². The number of aryl methyl sites for hydroxylation is 1. The molecule has 1 heterocycles. The quantitative estimate of drug-likeness (QED) is 0.499. The van der Waals surface area contributed by atoms with Gasteiger partial charge >= 0.3 is 0 Å². The van der Waals surface area contributed by atoms with E-state index >= 15 is 0 Å². The molecule has 0 unspecified atom stereocenters. The van der Waals surface area contributed by atoms with Crippen molar-refractivity contribution in [2.75, 3.05) is 7.11 Å². The first-order valence-electron chi connectivity index (χ1n) is 7.41. The molecule has 1 aromatic heterocycles. The molecule has 0 aliphatic carbocycles. The smallest absolute Gasteiger partial charge is 0.273 e. The molecule has 0 saturated carbocycles. The van der Waals surface area contributed by atoms with Crippen molar-refractivity contribution in [3.05, 3.63) is 64.0 Å². The van der Waals surface area contributed by atoms with Crippen LogP contribution in [0.2, 0.25) is 0 Å². The monoisotopic (exact) mass is 341 g/mol. The molecule has 0 aliphatic heterocycles. The van der Waals surface area contributed by atoms with E-state index in [2.05, 4.69) is 10.1 Å². The molecule has 3 aromatic rings. The molecule has 0 aliphatic rings. The zero-order valence-corrected chi connectivity index (χ0v) is 13.6. The molecule has 8 nitrogen and oxygen atoms in total. The number of hydrogen-bond donors (Lipinski definition) is 0. The Kier molecular flexibility index (Phi) is 4.60. The lowest BCUT2D eigenvalue weighted by atomic mass is 10.1. The van der Waals surface area contributed by atoms with Gasteiger partial charge in [0.15, 0.2) is 18.1 Å². The van der Waals surface area contributed by atoms with Gasteiger partial charge in [0.25, 0.3) is 11.6 Å². The van der Waals surface area contributed by atoms with E-state index in [-0.39, 0.29) is 23.9 Å². The van der Waals surface area contributed by atoms with Gasteiger partial charge < -0.3 is 14.0 Å². The predicted octanol–water partition coefficient (Wildman–Crippen LogP) is 3.54. The van der Waals surface area contributed by atoms with Crippen molar-refractivity contribution in [2.24, 2.45) is 0 Å². The van der Waals surface area contributed by atoms with E-state index in [1.807, 2.05) is 31.2 Å². The second kappa shape index (κ2) is 7.00. The standard InChI is InChI=1S/C17H15N3O5/c1-11-4-3-5-12(8-11)17-18-16(25-19-17)10-24-15-9-13(20(21)22)6-7-14(15)23-2/h3-9H,10H2,1-2H3. The zero-order valence-electron chi connectivity index (χ0n) is 13.6. The highest BCUT2D eigenvalue weighted by molar-refractivity contribution is 5.55. The van der Waals surface area contributed by atoms with Crippen LogP contribution in [0.4, 0.5) is 5.69 Å². The van der Waals surface area contributed by atoms with Gasteiger partial charge in [-0.3, -0.25) is 10.1 Å². The lowest BCUT2D eigenvalue weighted by Crippen LogP contribution is -1.99. The average molecular weight is 341 g/mol. The van der Waals surface area contributed by atoms with Crippen molar-refractivity contribution >= 4 is 5.69 Å². The van der Waals surface area contributed by atoms with Crippen LogP contribution < -0.4 is 9.47 Å². The molecular weight excluding hydrogens is 326 g/mol. The van der Waals surface area contributed by atoms with E-state index < -0.39 is 4.92 Å². The summed E-state index contributed by atoms with van der Waals surface area (Å²) in [5, 5.41) is 14.8. The Morgan fingerprint density at radius 3 is 2.76 bits per heavy atom. The lowest BCUT2D eigenvalue weighted by Gasteiger charge is -2.08. The molecule has 0 saturated heterocycles. The summed E-state index contributed by atoms with van der Waals surface area (Å²) in [5.74, 6) is 1.31. The van der Waals surface area contributed by atoms with Crippen LogP contribution in [0.25, 0.3) is 11.4 Å². The lowest BCUT2D eigenvalue weighted by molar-refractivity contribution is -0.385. The fraction of sp³-hybridized carbons (Fsp3) is 0.176. The number of nitro groups is 1. The number of methoxy groups -OCH3 is 1. The maximum atomic E-state index is 10.9. The third kappa shape index (κ3) is 3.74. The molecule has 0 radical (unpaired) electrons. The molecule has 0 amide bonds. The van der Waals surface area contributed by atoms with Crippen LogP contribution in [-0.2, 0) is 6.61 Å². The third-order valence-corrected chi connectivity index (χ3v) is 3.45. The van der Waals surface area contributed by atoms with E-state index in [4.69, 9.17) is 14.0 Å². The van der Waals surface area contributed by atoms with Gasteiger partial charge in [-0.25, -0.2) is 0 Å². The molecule has 25 heavy (non-hydrogen) atoms. The summed E-state index contributed by atoms with van der Waals surface area (Å²) in [6, 6.07) is 11.8. The van der Waals surface area contributed by atoms with Crippen LogP contribution in [0.3, 0.4) is 0 Å². The second-order valence-corrected chi connectivity index (χ2v) is 5.26. The summed E-state index contributed by atoms with van der Waals surface area (Å²) in [4.78, 5) is 14.7. The SMILES string of the molecule is COc1ccc([N+](=O)[O-])cc1OCc1nc(-c2cccc(C)c2)no1. The normalized spacial score (nSPS) is 10.5. The minimum atomic E-state index is -0.505. The van der Waals surface area contributed by atoms with E-state index in [1.54, 1.807) is 0 Å². The van der Waals surface area contributed by atoms with Gasteiger partial charge in [-0.1, -0.05) is 28.9 Å². The van der Waals surface area contributed by atoms with Gasteiger partial charge in [-0.2, -0.15) is 4.98 Å². The third-order valence-electron chi connectivity index (χ3n) is 3.45. The number of nitro benzene ring substituents is 1. The Bertz CT molecular complexity index is 907. The van der Waals surface area contributed by atoms with Gasteiger partial charge in [0.2, 0.25) is 5.82 Å². The molecule has 0 atom stereocenters. The Labute approximate surface area is 143 Å². The van der Waals surface area contributed by atoms with Crippen LogP contribution >= 0.6 is 0 Å². The molecule has 0 fully saturated rings. The van der Waals surface area contributed by atoms with E-state index in [0.29, 0.717) is 11.6 Å². The number of ether oxygens (including phenoxy) is 2. The minimum absolute atomic E-state index is 0.0314. The highest BCUT2D eigenvalue weighted by Crippen LogP contribution is 2.31. The molecule has 8 heteroatoms. The van der Waals surface area contributed by atoms with Crippen LogP contribution in [0.5, 0.6) is 11.5 Å². The van der Waals surface area contributed by atoms with Gasteiger partial charge in [-0.05, 0) is 19.1 Å². The highest BCUT2D eigenvalue weighted by atomic mass is 16.6. The first kappa shape index (κ1) is 16.4. The second-order valence-electron chi connectivity index (χ2n) is 5.26. The molecular formula is C17H15N3O5. The van der Waals surface area contributed by atoms with Crippen LogP contribution in [-0.4, -0.2) is 22.2 Å². The molecule has 0 bridgehead atoms. The Morgan fingerprint density at radius 2 is 2.04 bits per heavy atom. The molecule has 3 rings (SSSR count). The summed E-state index contributed by atoms with van der Waals surface area (Å²) < 4.78 is 15.9. The summed E-state index contributed by atoms with van der Waals surface area (Å²) >= 11 is 0. The molecule has 0 N–H and O–H groups in total. The maximum Gasteiger partial charge on any atom is 0.273 e. The molecule has 2 aromatic carbocycles. The zero-order chi connectivity index (χ0) is 17.8. The van der Waals surface area contributed by atoms with Crippen molar-refractivity contribution in [3.63, 3.8) is 0 Å². The summed E-state index contributed by atoms with van der Waals surface area (Å²) in [6.45, 7) is 1.94. The van der Waals surface area contributed by atoms with Gasteiger partial charge in [0.05, 0.1) is 18.1 Å². The summed E-state index contributed by atoms with van der Waals surface area (Å²) in [7, 11) is 1.45. The van der Waals surface area contributed by atoms with Gasteiger partial charge in [0.1, 0.15) is 0 Å². The van der Waals surface area contributed by atoms with E-state index in [1.165, 1.54) is 25.3 Å². The van der Waals surface area contributed by atoms with Crippen LogP contribution in [0, 0.1) is 17.0 Å². The van der Waals surface area contributed by atoms with Crippen molar-refractivity contribution in [1.29, 1.82) is 0 Å². The van der Waals surface area contributed by atoms with Crippen molar-refractivity contribution in [3.8, 4) is 22.9 Å².